The Morgan fingerprint density at radius 2 is 2.21 bits per heavy atom. The van der Waals surface area contributed by atoms with E-state index in [2.05, 4.69) is 5.32 Å². The number of halogens is 2. The fourth-order valence-corrected chi connectivity index (χ4v) is 2.40. The van der Waals surface area contributed by atoms with Gasteiger partial charge < -0.3 is 5.32 Å². The standard InChI is InChI=1S/C11H13FIN/c12-9-5-4-8(7-10(9)13)11-3-1-2-6-14-11/h4-5,7,11,14H,1-3,6H2. The Morgan fingerprint density at radius 1 is 1.36 bits per heavy atom. The van der Waals surface area contributed by atoms with Crippen LogP contribution in [-0.4, -0.2) is 6.54 Å². The summed E-state index contributed by atoms with van der Waals surface area (Å²) in [5.41, 5.74) is 1.22. The second-order valence-electron chi connectivity index (χ2n) is 3.68. The van der Waals surface area contributed by atoms with Gasteiger partial charge in [-0.25, -0.2) is 4.39 Å². The van der Waals surface area contributed by atoms with Crippen molar-refractivity contribution in [2.75, 3.05) is 6.54 Å². The van der Waals surface area contributed by atoms with E-state index in [0.29, 0.717) is 9.61 Å². The fraction of sp³-hybridized carbons (Fsp3) is 0.455. The molecule has 1 N–H and O–H groups in total. The van der Waals surface area contributed by atoms with E-state index >= 15 is 0 Å². The maximum atomic E-state index is 13.0. The largest absolute Gasteiger partial charge is 0.310 e. The van der Waals surface area contributed by atoms with Crippen LogP contribution in [0.2, 0.25) is 0 Å². The zero-order valence-electron chi connectivity index (χ0n) is 7.89. The van der Waals surface area contributed by atoms with Crippen molar-refractivity contribution >= 4 is 22.6 Å². The molecule has 0 radical (unpaired) electrons. The Bertz CT molecular complexity index is 321. The molecule has 0 amide bonds. The second-order valence-corrected chi connectivity index (χ2v) is 4.84. The molecule has 0 saturated carbocycles. The number of hydrogen-bond acceptors (Lipinski definition) is 1. The summed E-state index contributed by atoms with van der Waals surface area (Å²) in [4.78, 5) is 0. The molecule has 1 atom stereocenters. The summed E-state index contributed by atoms with van der Waals surface area (Å²) < 4.78 is 13.8. The molecule has 1 aliphatic heterocycles. The van der Waals surface area contributed by atoms with Crippen molar-refractivity contribution in [1.82, 2.24) is 5.32 Å². The maximum Gasteiger partial charge on any atom is 0.136 e. The van der Waals surface area contributed by atoms with Crippen molar-refractivity contribution in [2.45, 2.75) is 25.3 Å². The number of nitrogens with one attached hydrogen (secondary N) is 1. The number of benzene rings is 1. The molecule has 2 rings (SSSR count). The highest BCUT2D eigenvalue weighted by Crippen LogP contribution is 2.24. The molecular weight excluding hydrogens is 292 g/mol. The third-order valence-corrected chi connectivity index (χ3v) is 3.48. The van der Waals surface area contributed by atoms with E-state index in [1.54, 1.807) is 6.07 Å². The van der Waals surface area contributed by atoms with Crippen molar-refractivity contribution in [3.05, 3.63) is 33.1 Å². The van der Waals surface area contributed by atoms with Gasteiger partial charge in [-0.15, -0.1) is 0 Å². The van der Waals surface area contributed by atoms with Crippen molar-refractivity contribution in [2.24, 2.45) is 0 Å². The van der Waals surface area contributed by atoms with E-state index in [1.807, 2.05) is 34.7 Å². The summed E-state index contributed by atoms with van der Waals surface area (Å²) in [6.07, 6.45) is 3.70. The van der Waals surface area contributed by atoms with E-state index in [0.717, 1.165) is 6.54 Å². The van der Waals surface area contributed by atoms with Crippen LogP contribution in [-0.2, 0) is 0 Å². The molecule has 1 nitrogen and oxygen atoms in total. The van der Waals surface area contributed by atoms with Crippen LogP contribution in [0.1, 0.15) is 30.9 Å². The summed E-state index contributed by atoms with van der Waals surface area (Å²) >= 11 is 2.04. The first-order valence-corrected chi connectivity index (χ1v) is 6.03. The van der Waals surface area contributed by atoms with E-state index in [-0.39, 0.29) is 5.82 Å². The molecule has 0 spiro atoms. The van der Waals surface area contributed by atoms with Crippen LogP contribution in [0.3, 0.4) is 0 Å². The van der Waals surface area contributed by atoms with Gasteiger partial charge in [0.15, 0.2) is 0 Å². The van der Waals surface area contributed by atoms with Gasteiger partial charge in [0.1, 0.15) is 5.82 Å². The predicted octanol–water partition coefficient (Wildman–Crippen LogP) is 3.24. The minimum absolute atomic E-state index is 0.120. The van der Waals surface area contributed by atoms with Crippen molar-refractivity contribution in [1.29, 1.82) is 0 Å². The number of piperidine rings is 1. The Labute approximate surface area is 97.2 Å². The topological polar surface area (TPSA) is 12.0 Å². The molecule has 1 aromatic rings. The van der Waals surface area contributed by atoms with Gasteiger partial charge in [0.2, 0.25) is 0 Å². The quantitative estimate of drug-likeness (QED) is 0.786. The monoisotopic (exact) mass is 305 g/mol. The molecule has 1 aromatic carbocycles. The first-order valence-electron chi connectivity index (χ1n) is 4.96. The van der Waals surface area contributed by atoms with Gasteiger partial charge in [-0.1, -0.05) is 12.5 Å². The molecule has 3 heteroatoms. The smallest absolute Gasteiger partial charge is 0.136 e. The van der Waals surface area contributed by atoms with Gasteiger partial charge in [-0.05, 0) is 59.7 Å². The Morgan fingerprint density at radius 3 is 2.86 bits per heavy atom. The molecule has 1 saturated heterocycles. The molecule has 14 heavy (non-hydrogen) atoms. The SMILES string of the molecule is Fc1ccc(C2CCCCN2)cc1I. The van der Waals surface area contributed by atoms with E-state index in [4.69, 9.17) is 0 Å². The first kappa shape index (κ1) is 10.4. The lowest BCUT2D eigenvalue weighted by atomic mass is 9.98. The van der Waals surface area contributed by atoms with Crippen molar-refractivity contribution in [3.63, 3.8) is 0 Å². The normalized spacial score (nSPS) is 22.3. The van der Waals surface area contributed by atoms with Gasteiger partial charge in [0.05, 0.1) is 0 Å². The Kier molecular flexibility index (Phi) is 3.38. The van der Waals surface area contributed by atoms with E-state index < -0.39 is 0 Å². The first-order chi connectivity index (χ1) is 6.77. The van der Waals surface area contributed by atoms with Gasteiger partial charge in [0, 0.05) is 9.61 Å². The minimum atomic E-state index is -0.120. The molecular formula is C11H13FIN. The summed E-state index contributed by atoms with van der Waals surface area (Å²) in [7, 11) is 0. The summed E-state index contributed by atoms with van der Waals surface area (Å²) in [6, 6.07) is 5.82. The highest BCUT2D eigenvalue weighted by atomic mass is 127. The van der Waals surface area contributed by atoms with Crippen LogP contribution in [0, 0.1) is 9.39 Å². The lowest BCUT2D eigenvalue weighted by Crippen LogP contribution is -2.26. The van der Waals surface area contributed by atoms with Crippen LogP contribution in [0.25, 0.3) is 0 Å². The van der Waals surface area contributed by atoms with Gasteiger partial charge in [-0.3, -0.25) is 0 Å². The zero-order chi connectivity index (χ0) is 9.97. The molecule has 1 aliphatic rings. The van der Waals surface area contributed by atoms with Crippen LogP contribution < -0.4 is 5.32 Å². The highest BCUT2D eigenvalue weighted by molar-refractivity contribution is 14.1. The average Bonchev–Trinajstić information content (AvgIpc) is 2.23. The maximum absolute atomic E-state index is 13.0. The summed E-state index contributed by atoms with van der Waals surface area (Å²) in [6.45, 7) is 1.08. The van der Waals surface area contributed by atoms with Gasteiger partial charge in [-0.2, -0.15) is 0 Å². The average molecular weight is 305 g/mol. The minimum Gasteiger partial charge on any atom is -0.310 e. The van der Waals surface area contributed by atoms with Crippen LogP contribution in [0.5, 0.6) is 0 Å². The lowest BCUT2D eigenvalue weighted by Gasteiger charge is -2.23. The van der Waals surface area contributed by atoms with Crippen molar-refractivity contribution in [3.8, 4) is 0 Å². The molecule has 1 unspecified atom stereocenters. The highest BCUT2D eigenvalue weighted by Gasteiger charge is 2.15. The summed E-state index contributed by atoms with van der Waals surface area (Å²) in [5, 5.41) is 3.46. The Balaban J connectivity index is 2.18. The van der Waals surface area contributed by atoms with Gasteiger partial charge >= 0.3 is 0 Å². The van der Waals surface area contributed by atoms with Crippen LogP contribution >= 0.6 is 22.6 Å². The van der Waals surface area contributed by atoms with E-state index in [1.165, 1.54) is 24.8 Å². The molecule has 1 heterocycles. The summed E-state index contributed by atoms with van der Waals surface area (Å²) in [5.74, 6) is -0.120. The van der Waals surface area contributed by atoms with Gasteiger partial charge in [0.25, 0.3) is 0 Å². The fourth-order valence-electron chi connectivity index (χ4n) is 1.87. The zero-order valence-corrected chi connectivity index (χ0v) is 10.1. The number of rotatable bonds is 1. The molecule has 0 aliphatic carbocycles. The molecule has 1 fully saturated rings. The van der Waals surface area contributed by atoms with Crippen LogP contribution in [0.15, 0.2) is 18.2 Å². The van der Waals surface area contributed by atoms with Crippen LogP contribution in [0.4, 0.5) is 4.39 Å². The van der Waals surface area contributed by atoms with Crippen molar-refractivity contribution < 1.29 is 4.39 Å². The molecule has 76 valence electrons. The lowest BCUT2D eigenvalue weighted by molar-refractivity contribution is 0.411. The Hall–Kier alpha value is -0.160. The number of hydrogen-bond donors (Lipinski definition) is 1. The molecule has 0 aromatic heterocycles. The third kappa shape index (κ3) is 2.25. The predicted molar refractivity (Wildman–Crippen MR) is 63.7 cm³/mol. The molecule has 0 bridgehead atoms. The second kappa shape index (κ2) is 4.57. The van der Waals surface area contributed by atoms with E-state index in [9.17, 15) is 4.39 Å². The third-order valence-electron chi connectivity index (χ3n) is 2.66.